The third-order valence-electron chi connectivity index (χ3n) is 3.33. The molecule has 1 aromatic rings. The molecule has 1 N–H and O–H groups in total. The van der Waals surface area contributed by atoms with Crippen molar-refractivity contribution in [1.82, 2.24) is 10.2 Å². The molecule has 0 amide bonds. The number of morpholine rings is 1. The van der Waals surface area contributed by atoms with Gasteiger partial charge < -0.3 is 10.1 Å². The Labute approximate surface area is 121 Å². The van der Waals surface area contributed by atoms with E-state index in [1.165, 1.54) is 16.2 Å². The van der Waals surface area contributed by atoms with Gasteiger partial charge >= 0.3 is 0 Å². The van der Waals surface area contributed by atoms with E-state index in [1.807, 2.05) is 11.3 Å². The number of rotatable bonds is 6. The van der Waals surface area contributed by atoms with Crippen molar-refractivity contribution >= 4 is 11.3 Å². The molecule has 1 fully saturated rings. The molecule has 0 aliphatic carbocycles. The van der Waals surface area contributed by atoms with Crippen LogP contribution in [0.1, 0.15) is 36.9 Å². The highest BCUT2D eigenvalue weighted by Gasteiger charge is 2.27. The first-order valence-electron chi connectivity index (χ1n) is 7.24. The van der Waals surface area contributed by atoms with Crippen molar-refractivity contribution in [1.29, 1.82) is 0 Å². The number of thiophene rings is 1. The lowest BCUT2D eigenvalue weighted by molar-refractivity contribution is -0.0880. The van der Waals surface area contributed by atoms with E-state index in [0.29, 0.717) is 0 Å². The molecule has 4 heteroatoms. The van der Waals surface area contributed by atoms with Crippen molar-refractivity contribution < 1.29 is 4.74 Å². The van der Waals surface area contributed by atoms with E-state index in [4.69, 9.17) is 4.74 Å². The lowest BCUT2D eigenvalue weighted by atomic mass is 10.1. The molecule has 2 heterocycles. The summed E-state index contributed by atoms with van der Waals surface area (Å²) in [6, 6.07) is 4.53. The summed E-state index contributed by atoms with van der Waals surface area (Å²) < 4.78 is 5.76. The SMILES string of the molecule is CCCNCc1ccc(CN2CCOC(C)(C)C2)s1. The normalized spacial score (nSPS) is 19.7. The van der Waals surface area contributed by atoms with E-state index in [2.05, 4.69) is 43.1 Å². The largest absolute Gasteiger partial charge is 0.373 e. The van der Waals surface area contributed by atoms with Crippen LogP contribution in [0, 0.1) is 0 Å². The predicted octanol–water partition coefficient (Wildman–Crippen LogP) is 2.86. The van der Waals surface area contributed by atoms with E-state index in [9.17, 15) is 0 Å². The molecule has 1 aromatic heterocycles. The van der Waals surface area contributed by atoms with E-state index in [0.717, 1.165) is 39.3 Å². The van der Waals surface area contributed by atoms with Crippen molar-refractivity contribution in [3.63, 3.8) is 0 Å². The fraction of sp³-hybridized carbons (Fsp3) is 0.733. The number of nitrogens with zero attached hydrogens (tertiary/aromatic N) is 1. The number of hydrogen-bond acceptors (Lipinski definition) is 4. The minimum Gasteiger partial charge on any atom is -0.373 e. The monoisotopic (exact) mass is 282 g/mol. The van der Waals surface area contributed by atoms with E-state index < -0.39 is 0 Å². The standard InChI is InChI=1S/C15H26N2OS/c1-4-7-16-10-13-5-6-14(19-13)11-17-8-9-18-15(2,3)12-17/h5-6,16H,4,7-12H2,1-3H3. The van der Waals surface area contributed by atoms with Crippen LogP contribution in [0.2, 0.25) is 0 Å². The van der Waals surface area contributed by atoms with E-state index in [1.54, 1.807) is 0 Å². The first-order valence-corrected chi connectivity index (χ1v) is 8.05. The van der Waals surface area contributed by atoms with Crippen LogP contribution in [0.5, 0.6) is 0 Å². The second kappa shape index (κ2) is 6.84. The number of hydrogen-bond donors (Lipinski definition) is 1. The van der Waals surface area contributed by atoms with Gasteiger partial charge in [0.2, 0.25) is 0 Å². The van der Waals surface area contributed by atoms with Gasteiger partial charge in [0.1, 0.15) is 0 Å². The third-order valence-corrected chi connectivity index (χ3v) is 4.40. The minimum atomic E-state index is 0.00101. The van der Waals surface area contributed by atoms with Gasteiger partial charge in [0, 0.05) is 35.9 Å². The number of ether oxygens (including phenoxy) is 1. The van der Waals surface area contributed by atoms with Gasteiger partial charge in [0.25, 0.3) is 0 Å². The van der Waals surface area contributed by atoms with Crippen LogP contribution in [0.3, 0.4) is 0 Å². The summed E-state index contributed by atoms with van der Waals surface area (Å²) in [6.07, 6.45) is 1.20. The summed E-state index contributed by atoms with van der Waals surface area (Å²) in [6.45, 7) is 12.6. The zero-order valence-corrected chi connectivity index (χ0v) is 13.2. The van der Waals surface area contributed by atoms with Crippen LogP contribution < -0.4 is 5.32 Å². The van der Waals surface area contributed by atoms with Crippen molar-refractivity contribution in [3.8, 4) is 0 Å². The summed E-state index contributed by atoms with van der Waals surface area (Å²) in [7, 11) is 0. The molecule has 1 saturated heterocycles. The van der Waals surface area contributed by atoms with Crippen LogP contribution in [0.25, 0.3) is 0 Å². The van der Waals surface area contributed by atoms with Crippen molar-refractivity contribution in [2.24, 2.45) is 0 Å². The Morgan fingerprint density at radius 2 is 2.16 bits per heavy atom. The smallest absolute Gasteiger partial charge is 0.0753 e. The highest BCUT2D eigenvalue weighted by Crippen LogP contribution is 2.22. The Morgan fingerprint density at radius 1 is 1.37 bits per heavy atom. The molecular formula is C15H26N2OS. The second-order valence-corrected chi connectivity index (χ2v) is 7.12. The van der Waals surface area contributed by atoms with Crippen LogP contribution in [-0.2, 0) is 17.8 Å². The van der Waals surface area contributed by atoms with Gasteiger partial charge in [0.05, 0.1) is 12.2 Å². The molecule has 1 aliphatic heterocycles. The van der Waals surface area contributed by atoms with Crippen molar-refractivity contribution in [3.05, 3.63) is 21.9 Å². The van der Waals surface area contributed by atoms with E-state index >= 15 is 0 Å². The summed E-state index contributed by atoms with van der Waals surface area (Å²) in [5.74, 6) is 0. The molecule has 0 radical (unpaired) electrons. The minimum absolute atomic E-state index is 0.00101. The lowest BCUT2D eigenvalue weighted by Gasteiger charge is -2.37. The highest BCUT2D eigenvalue weighted by atomic mass is 32.1. The van der Waals surface area contributed by atoms with Gasteiger partial charge in [0.15, 0.2) is 0 Å². The fourth-order valence-electron chi connectivity index (χ4n) is 2.46. The first kappa shape index (κ1) is 15.0. The number of nitrogens with one attached hydrogen (secondary N) is 1. The van der Waals surface area contributed by atoms with Gasteiger partial charge in [-0.25, -0.2) is 0 Å². The second-order valence-electron chi connectivity index (χ2n) is 5.86. The van der Waals surface area contributed by atoms with Crippen LogP contribution in [0.15, 0.2) is 12.1 Å². The molecule has 0 saturated carbocycles. The van der Waals surface area contributed by atoms with Gasteiger partial charge in [-0.1, -0.05) is 6.92 Å². The molecule has 1 aliphatic rings. The average molecular weight is 282 g/mol. The van der Waals surface area contributed by atoms with Crippen molar-refractivity contribution in [2.75, 3.05) is 26.2 Å². The quantitative estimate of drug-likeness (QED) is 0.812. The van der Waals surface area contributed by atoms with Gasteiger partial charge in [-0.2, -0.15) is 0 Å². The Balaban J connectivity index is 1.82. The maximum atomic E-state index is 5.76. The molecule has 0 spiro atoms. The topological polar surface area (TPSA) is 24.5 Å². The fourth-order valence-corrected chi connectivity index (χ4v) is 3.49. The van der Waals surface area contributed by atoms with Gasteiger partial charge in [-0.3, -0.25) is 4.90 Å². The molecule has 2 rings (SSSR count). The van der Waals surface area contributed by atoms with Crippen LogP contribution >= 0.6 is 11.3 Å². The Kier molecular flexibility index (Phi) is 5.39. The maximum Gasteiger partial charge on any atom is 0.0753 e. The molecule has 19 heavy (non-hydrogen) atoms. The Hall–Kier alpha value is -0.420. The summed E-state index contributed by atoms with van der Waals surface area (Å²) in [5, 5.41) is 3.46. The third kappa shape index (κ3) is 4.88. The van der Waals surface area contributed by atoms with Crippen molar-refractivity contribution in [2.45, 2.75) is 45.9 Å². The van der Waals surface area contributed by atoms with Crippen LogP contribution in [0.4, 0.5) is 0 Å². The molecule has 108 valence electrons. The van der Waals surface area contributed by atoms with E-state index in [-0.39, 0.29) is 5.60 Å². The molecule has 0 unspecified atom stereocenters. The first-order chi connectivity index (χ1) is 9.09. The van der Waals surface area contributed by atoms with Crippen LogP contribution in [-0.4, -0.2) is 36.7 Å². The molecule has 0 bridgehead atoms. The zero-order valence-electron chi connectivity index (χ0n) is 12.4. The average Bonchev–Trinajstić information content (AvgIpc) is 2.76. The highest BCUT2D eigenvalue weighted by molar-refractivity contribution is 7.11. The molecular weight excluding hydrogens is 256 g/mol. The Bertz CT molecular complexity index is 389. The Morgan fingerprint density at radius 3 is 2.89 bits per heavy atom. The van der Waals surface area contributed by atoms with Gasteiger partial charge in [-0.05, 0) is 38.9 Å². The van der Waals surface area contributed by atoms with Gasteiger partial charge in [-0.15, -0.1) is 11.3 Å². The summed E-state index contributed by atoms with van der Waals surface area (Å²) >= 11 is 1.93. The lowest BCUT2D eigenvalue weighted by Crippen LogP contribution is -2.47. The predicted molar refractivity (Wildman–Crippen MR) is 81.6 cm³/mol. The molecule has 0 atom stereocenters. The zero-order chi connectivity index (χ0) is 13.7. The maximum absolute atomic E-state index is 5.76. The molecule has 0 aromatic carbocycles. The summed E-state index contributed by atoms with van der Waals surface area (Å²) in [5.41, 5.74) is 0.00101. The molecule has 3 nitrogen and oxygen atoms in total. The summed E-state index contributed by atoms with van der Waals surface area (Å²) in [4.78, 5) is 5.40.